The number of hydrogen-bond acceptors (Lipinski definition) is 2. The van der Waals surface area contributed by atoms with Gasteiger partial charge in [0.2, 0.25) is 0 Å². The van der Waals surface area contributed by atoms with Gasteiger partial charge in [-0.15, -0.1) is 0 Å². The van der Waals surface area contributed by atoms with Crippen molar-refractivity contribution in [3.63, 3.8) is 0 Å². The number of fused-ring (bicyclic) bond motifs is 3. The second-order valence-electron chi connectivity index (χ2n) is 8.20. The number of halogens is 1. The summed E-state index contributed by atoms with van der Waals surface area (Å²) in [5.41, 5.74) is 4.59. The van der Waals surface area contributed by atoms with Crippen molar-refractivity contribution in [3.05, 3.63) is 71.4 Å². The Labute approximate surface area is 195 Å². The van der Waals surface area contributed by atoms with Gasteiger partial charge in [0.15, 0.2) is 0 Å². The molecule has 0 bridgehead atoms. The largest absolute Gasteiger partial charge is 0.497 e. The van der Waals surface area contributed by atoms with Crippen LogP contribution in [0.4, 0.5) is 0 Å². The summed E-state index contributed by atoms with van der Waals surface area (Å²) < 4.78 is 7.77. The van der Waals surface area contributed by atoms with E-state index in [0.717, 1.165) is 57.7 Å². The quantitative estimate of drug-likeness (QED) is 0.240. The molecule has 3 nitrogen and oxygen atoms in total. The molecule has 0 spiro atoms. The van der Waals surface area contributed by atoms with Crippen LogP contribution in [0.2, 0.25) is 5.02 Å². The molecule has 2 aromatic carbocycles. The molecule has 0 aliphatic heterocycles. The minimum Gasteiger partial charge on any atom is -0.497 e. The zero-order valence-corrected chi connectivity index (χ0v) is 20.0. The lowest BCUT2D eigenvalue weighted by atomic mass is 9.98. The Morgan fingerprint density at radius 3 is 2.66 bits per heavy atom. The average Bonchev–Trinajstić information content (AvgIpc) is 3.16. The first-order valence-corrected chi connectivity index (χ1v) is 12.0. The molecule has 0 amide bonds. The number of nitrogens with zero attached hydrogens (tertiary/aromatic N) is 2. The molecule has 0 N–H and O–H groups in total. The van der Waals surface area contributed by atoms with Crippen LogP contribution in [0.5, 0.6) is 5.75 Å². The van der Waals surface area contributed by atoms with E-state index in [2.05, 4.69) is 48.8 Å². The third-order valence-corrected chi connectivity index (χ3v) is 6.34. The minimum atomic E-state index is 0.722. The molecule has 0 radical (unpaired) electrons. The van der Waals surface area contributed by atoms with Gasteiger partial charge in [0.1, 0.15) is 11.6 Å². The lowest BCUT2D eigenvalue weighted by Gasteiger charge is -2.16. The predicted molar refractivity (Wildman–Crippen MR) is 137 cm³/mol. The molecular weight excluding hydrogens is 416 g/mol. The highest BCUT2D eigenvalue weighted by atomic mass is 35.5. The molecule has 4 rings (SSSR count). The molecular formula is C28H31ClN2O. The maximum absolute atomic E-state index is 6.78. The number of unbranched alkanes of at least 4 members (excludes halogenated alkanes) is 3. The number of rotatable bonds is 9. The summed E-state index contributed by atoms with van der Waals surface area (Å²) in [5, 5.41) is 2.99. The smallest absolute Gasteiger partial charge is 0.145 e. The summed E-state index contributed by atoms with van der Waals surface area (Å²) in [5.74, 6) is 1.74. The highest BCUT2D eigenvalue weighted by molar-refractivity contribution is 6.36. The summed E-state index contributed by atoms with van der Waals surface area (Å²) in [6.07, 6.45) is 11.1. The van der Waals surface area contributed by atoms with Gasteiger partial charge in [0.25, 0.3) is 0 Å². The van der Waals surface area contributed by atoms with E-state index in [0.29, 0.717) is 0 Å². The number of ether oxygens (including phenoxy) is 1. The Morgan fingerprint density at radius 1 is 1.03 bits per heavy atom. The van der Waals surface area contributed by atoms with Gasteiger partial charge in [0, 0.05) is 28.6 Å². The summed E-state index contributed by atoms with van der Waals surface area (Å²) in [7, 11) is 1.70. The fourth-order valence-electron chi connectivity index (χ4n) is 4.37. The van der Waals surface area contributed by atoms with Gasteiger partial charge in [-0.1, -0.05) is 62.9 Å². The molecule has 0 saturated carbocycles. The average molecular weight is 447 g/mol. The molecule has 0 aliphatic carbocycles. The second-order valence-corrected chi connectivity index (χ2v) is 8.61. The molecule has 0 saturated heterocycles. The van der Waals surface area contributed by atoms with Crippen molar-refractivity contribution in [2.45, 2.75) is 52.4 Å². The lowest BCUT2D eigenvalue weighted by molar-refractivity contribution is 0.415. The second kappa shape index (κ2) is 10.2. The number of pyridine rings is 1. The molecule has 32 heavy (non-hydrogen) atoms. The van der Waals surface area contributed by atoms with Crippen LogP contribution in [0.3, 0.4) is 0 Å². The van der Waals surface area contributed by atoms with E-state index in [1.807, 2.05) is 30.5 Å². The van der Waals surface area contributed by atoms with Gasteiger partial charge in [-0.3, -0.25) is 4.57 Å². The highest BCUT2D eigenvalue weighted by Crippen LogP contribution is 2.39. The zero-order chi connectivity index (χ0) is 22.5. The van der Waals surface area contributed by atoms with Crippen LogP contribution >= 0.6 is 11.6 Å². The number of para-hydroxylation sites is 1. The van der Waals surface area contributed by atoms with Crippen molar-refractivity contribution in [2.75, 3.05) is 7.11 Å². The molecule has 0 atom stereocenters. The third kappa shape index (κ3) is 4.27. The van der Waals surface area contributed by atoms with E-state index in [9.17, 15) is 0 Å². The Kier molecular flexibility index (Phi) is 7.16. The first-order chi connectivity index (χ1) is 15.7. The highest BCUT2D eigenvalue weighted by Gasteiger charge is 2.19. The summed E-state index contributed by atoms with van der Waals surface area (Å²) in [6, 6.07) is 16.5. The normalized spacial score (nSPS) is 12.1. The molecule has 4 heteroatoms. The fraction of sp³-hybridized carbons (Fsp3) is 0.321. The molecule has 2 aromatic heterocycles. The molecule has 4 aromatic rings. The number of methoxy groups -OCH3 is 1. The van der Waals surface area contributed by atoms with E-state index in [-0.39, 0.29) is 0 Å². The van der Waals surface area contributed by atoms with Crippen LogP contribution in [0.1, 0.15) is 57.9 Å². The van der Waals surface area contributed by atoms with Gasteiger partial charge in [-0.2, -0.15) is 0 Å². The van der Waals surface area contributed by atoms with E-state index in [1.165, 1.54) is 30.4 Å². The number of hydrogen-bond donors (Lipinski definition) is 0. The van der Waals surface area contributed by atoms with Crippen molar-refractivity contribution in [1.29, 1.82) is 0 Å². The molecule has 0 fully saturated rings. The maximum atomic E-state index is 6.78. The lowest BCUT2D eigenvalue weighted by Crippen LogP contribution is -2.03. The molecule has 166 valence electrons. The van der Waals surface area contributed by atoms with Crippen LogP contribution < -0.4 is 4.74 Å². The Morgan fingerprint density at radius 2 is 1.88 bits per heavy atom. The van der Waals surface area contributed by atoms with Crippen LogP contribution in [-0.4, -0.2) is 16.7 Å². The topological polar surface area (TPSA) is 27.1 Å². The van der Waals surface area contributed by atoms with Gasteiger partial charge in [-0.25, -0.2) is 4.98 Å². The van der Waals surface area contributed by atoms with Crippen molar-refractivity contribution in [3.8, 4) is 11.6 Å². The van der Waals surface area contributed by atoms with Crippen molar-refractivity contribution < 1.29 is 4.74 Å². The van der Waals surface area contributed by atoms with E-state index in [4.69, 9.17) is 21.3 Å². The third-order valence-electron chi connectivity index (χ3n) is 6.04. The van der Waals surface area contributed by atoms with E-state index in [1.54, 1.807) is 7.11 Å². The van der Waals surface area contributed by atoms with Gasteiger partial charge < -0.3 is 4.74 Å². The van der Waals surface area contributed by atoms with Crippen molar-refractivity contribution in [2.24, 2.45) is 0 Å². The first-order valence-electron chi connectivity index (χ1n) is 11.6. The van der Waals surface area contributed by atoms with E-state index >= 15 is 0 Å². The first kappa shape index (κ1) is 22.4. The van der Waals surface area contributed by atoms with Crippen LogP contribution in [0.15, 0.2) is 60.8 Å². The van der Waals surface area contributed by atoms with Crippen LogP contribution in [0, 0.1) is 0 Å². The minimum absolute atomic E-state index is 0.722. The molecule has 0 unspecified atom stereocenters. The van der Waals surface area contributed by atoms with Crippen LogP contribution in [0.25, 0.3) is 33.2 Å². The fourth-order valence-corrected chi connectivity index (χ4v) is 4.63. The maximum Gasteiger partial charge on any atom is 0.145 e. The predicted octanol–water partition coefficient (Wildman–Crippen LogP) is 8.60. The van der Waals surface area contributed by atoms with Gasteiger partial charge in [0.05, 0.1) is 23.2 Å². The number of aromatic nitrogens is 2. The summed E-state index contributed by atoms with van der Waals surface area (Å²) >= 11 is 6.78. The molecule has 2 heterocycles. The van der Waals surface area contributed by atoms with Crippen molar-refractivity contribution >= 4 is 39.0 Å². The standard InChI is InChI=1S/C28H31ClN2O/c1-4-6-8-12-20(11-7-5-2)22-14-10-18-30-28(22)31-26-19-21(32-3)16-17-23(26)24-13-9-15-25(29)27(24)31/h9-10,12-19H,4-8,11H2,1-3H3/b20-12+. The van der Waals surface area contributed by atoms with Gasteiger partial charge >= 0.3 is 0 Å². The SMILES string of the molecule is CCCC/C=C(\CCCC)c1cccnc1-n1c2cc(OC)ccc2c2cccc(Cl)c21. The van der Waals surface area contributed by atoms with Crippen molar-refractivity contribution in [1.82, 2.24) is 9.55 Å². The zero-order valence-electron chi connectivity index (χ0n) is 19.2. The Bertz CT molecular complexity index is 1260. The van der Waals surface area contributed by atoms with Crippen LogP contribution in [-0.2, 0) is 0 Å². The summed E-state index contributed by atoms with van der Waals surface area (Å²) in [6.45, 7) is 4.48. The summed E-state index contributed by atoms with van der Waals surface area (Å²) in [4.78, 5) is 4.90. The Balaban J connectivity index is 2.01. The van der Waals surface area contributed by atoms with Gasteiger partial charge in [-0.05, 0) is 55.2 Å². The van der Waals surface area contributed by atoms with E-state index < -0.39 is 0 Å². The molecule has 0 aliphatic rings. The number of allylic oxidation sites excluding steroid dienone is 2. The Hall–Kier alpha value is -2.78. The number of benzene rings is 2. The monoisotopic (exact) mass is 446 g/mol.